The van der Waals surface area contributed by atoms with Gasteiger partial charge in [-0.3, -0.25) is 0 Å². The zero-order chi connectivity index (χ0) is 14.7. The van der Waals surface area contributed by atoms with Gasteiger partial charge in [0.25, 0.3) is 0 Å². The molecule has 126 valence electrons. The molecule has 0 radical (unpaired) electrons. The number of nitrogens with zero attached hydrogens (tertiary/aromatic N) is 2. The highest BCUT2D eigenvalue weighted by molar-refractivity contribution is 6.29. The summed E-state index contributed by atoms with van der Waals surface area (Å²) in [6, 6.07) is 14.4. The van der Waals surface area contributed by atoms with Crippen LogP contribution < -0.4 is 10.2 Å². The van der Waals surface area contributed by atoms with Gasteiger partial charge in [0.15, 0.2) is 0 Å². The van der Waals surface area contributed by atoms with E-state index in [1.807, 2.05) is 31.4 Å². The average Bonchev–Trinajstić information content (AvgIpc) is 3.29. The first-order chi connectivity index (χ1) is 10.2. The Hall–Kier alpha value is -1.000. The zero-order valence-corrected chi connectivity index (χ0v) is 15.4. The highest BCUT2D eigenvalue weighted by Crippen LogP contribution is 2.37. The number of aromatic nitrogens is 1. The summed E-state index contributed by atoms with van der Waals surface area (Å²) in [5.41, 5.74) is 2.68. The molecule has 3 nitrogen and oxygen atoms in total. The van der Waals surface area contributed by atoms with Crippen LogP contribution in [0, 0.1) is 0 Å². The summed E-state index contributed by atoms with van der Waals surface area (Å²) < 4.78 is 0. The van der Waals surface area contributed by atoms with Crippen LogP contribution in [0.5, 0.6) is 0 Å². The smallest absolute Gasteiger partial charge is 0.129 e. The number of likely N-dealkylation sites (N-methyl/N-ethyl adjacent to an activating group) is 1. The van der Waals surface area contributed by atoms with Crippen molar-refractivity contribution in [3.8, 4) is 0 Å². The molecule has 1 aliphatic carbocycles. The van der Waals surface area contributed by atoms with Crippen molar-refractivity contribution < 1.29 is 0 Å². The van der Waals surface area contributed by atoms with Gasteiger partial charge in [-0.2, -0.15) is 0 Å². The minimum absolute atomic E-state index is 0. The molecule has 1 aromatic carbocycles. The molecule has 23 heavy (non-hydrogen) atoms. The van der Waals surface area contributed by atoms with E-state index >= 15 is 0 Å². The number of benzene rings is 1. The van der Waals surface area contributed by atoms with Crippen LogP contribution in [0.2, 0.25) is 5.15 Å². The Bertz CT molecular complexity index is 586. The van der Waals surface area contributed by atoms with Gasteiger partial charge >= 0.3 is 0 Å². The van der Waals surface area contributed by atoms with Crippen molar-refractivity contribution in [3.63, 3.8) is 0 Å². The second kappa shape index (κ2) is 8.74. The summed E-state index contributed by atoms with van der Waals surface area (Å²) in [5.74, 6) is 0. The molecule has 0 spiro atoms. The van der Waals surface area contributed by atoms with E-state index in [4.69, 9.17) is 11.6 Å². The van der Waals surface area contributed by atoms with Crippen molar-refractivity contribution in [3.05, 3.63) is 59.4 Å². The third-order valence-corrected chi connectivity index (χ3v) is 4.39. The molecular formula is C17H22Cl3N3. The van der Waals surface area contributed by atoms with Crippen molar-refractivity contribution in [1.29, 1.82) is 0 Å². The van der Waals surface area contributed by atoms with E-state index in [-0.39, 0.29) is 30.4 Å². The van der Waals surface area contributed by atoms with Crippen molar-refractivity contribution in [1.82, 2.24) is 10.3 Å². The molecule has 1 fully saturated rings. The van der Waals surface area contributed by atoms with Crippen LogP contribution in [0.3, 0.4) is 0 Å². The number of pyridine rings is 1. The average molecular weight is 375 g/mol. The number of halogens is 3. The quantitative estimate of drug-likeness (QED) is 0.762. The van der Waals surface area contributed by atoms with Gasteiger partial charge in [-0.25, -0.2) is 4.98 Å². The maximum atomic E-state index is 5.91. The van der Waals surface area contributed by atoms with Gasteiger partial charge in [-0.15, -0.1) is 24.8 Å². The lowest BCUT2D eigenvalue weighted by atomic mass is 10.1. The predicted molar refractivity (Wildman–Crippen MR) is 102 cm³/mol. The highest BCUT2D eigenvalue weighted by atomic mass is 35.5. The largest absolute Gasteiger partial charge is 0.364 e. The first kappa shape index (κ1) is 20.0. The SMILES string of the molecule is CNC1(CN(Cc2ccccc2)c2ccc(Cl)nc2)CC1.Cl.Cl. The topological polar surface area (TPSA) is 28.2 Å². The number of hydrogen-bond acceptors (Lipinski definition) is 3. The lowest BCUT2D eigenvalue weighted by Gasteiger charge is -2.29. The van der Waals surface area contributed by atoms with Gasteiger partial charge < -0.3 is 10.2 Å². The van der Waals surface area contributed by atoms with Gasteiger partial charge in [-0.05, 0) is 37.6 Å². The van der Waals surface area contributed by atoms with Gasteiger partial charge in [-0.1, -0.05) is 41.9 Å². The third kappa shape index (κ3) is 5.25. The molecule has 0 bridgehead atoms. The van der Waals surface area contributed by atoms with Crippen molar-refractivity contribution >= 4 is 42.1 Å². The molecule has 0 saturated heterocycles. The molecule has 0 aliphatic heterocycles. The minimum atomic E-state index is 0. The van der Waals surface area contributed by atoms with Crippen molar-refractivity contribution in [2.75, 3.05) is 18.5 Å². The number of nitrogens with one attached hydrogen (secondary N) is 1. The molecule has 1 N–H and O–H groups in total. The second-order valence-electron chi connectivity index (χ2n) is 5.71. The Kier molecular flexibility index (Phi) is 7.62. The van der Waals surface area contributed by atoms with Crippen LogP contribution in [0.15, 0.2) is 48.7 Å². The van der Waals surface area contributed by atoms with E-state index in [9.17, 15) is 0 Å². The highest BCUT2D eigenvalue weighted by Gasteiger charge is 2.42. The van der Waals surface area contributed by atoms with Crippen LogP contribution in [-0.4, -0.2) is 24.1 Å². The molecule has 0 atom stereocenters. The van der Waals surface area contributed by atoms with Gasteiger partial charge in [0.1, 0.15) is 5.15 Å². The molecule has 2 aromatic rings. The first-order valence-corrected chi connectivity index (χ1v) is 7.68. The summed E-state index contributed by atoms with van der Waals surface area (Å²) in [6.07, 6.45) is 4.32. The van der Waals surface area contributed by atoms with E-state index in [0.717, 1.165) is 18.8 Å². The van der Waals surface area contributed by atoms with Crippen LogP contribution >= 0.6 is 36.4 Å². The Morgan fingerprint density at radius 1 is 1.13 bits per heavy atom. The molecular weight excluding hydrogens is 353 g/mol. The Morgan fingerprint density at radius 3 is 2.35 bits per heavy atom. The summed E-state index contributed by atoms with van der Waals surface area (Å²) in [4.78, 5) is 6.60. The van der Waals surface area contributed by atoms with Gasteiger partial charge in [0.05, 0.1) is 11.9 Å². The molecule has 0 amide bonds. The summed E-state index contributed by atoms with van der Waals surface area (Å²) >= 11 is 5.91. The fraction of sp³-hybridized carbons (Fsp3) is 0.353. The zero-order valence-electron chi connectivity index (χ0n) is 13.0. The van der Waals surface area contributed by atoms with Crippen LogP contribution in [0.1, 0.15) is 18.4 Å². The van der Waals surface area contributed by atoms with E-state index in [1.54, 1.807) is 0 Å². The van der Waals surface area contributed by atoms with E-state index in [2.05, 4.69) is 39.5 Å². The Morgan fingerprint density at radius 2 is 1.83 bits per heavy atom. The maximum absolute atomic E-state index is 5.91. The molecule has 1 heterocycles. The number of rotatable bonds is 6. The second-order valence-corrected chi connectivity index (χ2v) is 6.10. The fourth-order valence-electron chi connectivity index (χ4n) is 2.60. The summed E-state index contributed by atoms with van der Waals surface area (Å²) in [6.45, 7) is 1.87. The van der Waals surface area contributed by atoms with Crippen LogP contribution in [0.25, 0.3) is 0 Å². The Labute approximate surface area is 155 Å². The summed E-state index contributed by atoms with van der Waals surface area (Å²) in [5, 5.41) is 4.00. The third-order valence-electron chi connectivity index (χ3n) is 4.17. The normalized spacial score (nSPS) is 14.3. The van der Waals surface area contributed by atoms with Crippen molar-refractivity contribution in [2.45, 2.75) is 24.9 Å². The van der Waals surface area contributed by atoms with Crippen LogP contribution in [0.4, 0.5) is 5.69 Å². The van der Waals surface area contributed by atoms with Gasteiger partial charge in [0, 0.05) is 18.6 Å². The van der Waals surface area contributed by atoms with E-state index < -0.39 is 0 Å². The molecule has 1 aromatic heterocycles. The van der Waals surface area contributed by atoms with Crippen LogP contribution in [-0.2, 0) is 6.54 Å². The molecule has 3 rings (SSSR count). The first-order valence-electron chi connectivity index (χ1n) is 7.30. The van der Waals surface area contributed by atoms with Gasteiger partial charge in [0.2, 0.25) is 0 Å². The number of hydrogen-bond donors (Lipinski definition) is 1. The molecule has 0 unspecified atom stereocenters. The number of anilines is 1. The molecule has 1 saturated carbocycles. The lowest BCUT2D eigenvalue weighted by molar-refractivity contribution is 0.533. The maximum Gasteiger partial charge on any atom is 0.129 e. The predicted octanol–water partition coefficient (Wildman–Crippen LogP) is 4.34. The standard InChI is InChI=1S/C17H20ClN3.2ClH/c1-19-17(9-10-17)13-21(12-14-5-3-2-4-6-14)15-7-8-16(18)20-11-15;;/h2-8,11,19H,9-10,12-13H2,1H3;2*1H. The Balaban J connectivity index is 0.00000132. The molecule has 6 heteroatoms. The van der Waals surface area contributed by atoms with Crippen molar-refractivity contribution in [2.24, 2.45) is 0 Å². The minimum Gasteiger partial charge on any atom is -0.364 e. The fourth-order valence-corrected chi connectivity index (χ4v) is 2.71. The molecule has 1 aliphatic rings. The summed E-state index contributed by atoms with van der Waals surface area (Å²) in [7, 11) is 2.05. The lowest BCUT2D eigenvalue weighted by Crippen LogP contribution is -2.41. The van der Waals surface area contributed by atoms with E-state index in [1.165, 1.54) is 18.4 Å². The van der Waals surface area contributed by atoms with E-state index in [0.29, 0.717) is 5.15 Å². The monoisotopic (exact) mass is 373 g/mol.